The van der Waals surface area contributed by atoms with E-state index in [1.807, 2.05) is 41.3 Å². The molecule has 2 unspecified atom stereocenters. The van der Waals surface area contributed by atoms with Gasteiger partial charge >= 0.3 is 0 Å². The lowest BCUT2D eigenvalue weighted by molar-refractivity contribution is -0.117. The number of rotatable bonds is 5. The molecular weight excluding hydrogens is 340 g/mol. The lowest BCUT2D eigenvalue weighted by atomic mass is 9.95. The predicted molar refractivity (Wildman–Crippen MR) is 107 cm³/mol. The van der Waals surface area contributed by atoms with Crippen LogP contribution in [0.2, 0.25) is 0 Å². The molecule has 6 heteroatoms. The Morgan fingerprint density at radius 2 is 1.93 bits per heavy atom. The Hall–Kier alpha value is -2.47. The van der Waals surface area contributed by atoms with E-state index >= 15 is 0 Å². The Kier molecular flexibility index (Phi) is 5.46. The highest BCUT2D eigenvalue weighted by Gasteiger charge is 2.38. The quantitative estimate of drug-likeness (QED) is 0.874. The highest BCUT2D eigenvalue weighted by Crippen LogP contribution is 2.29. The fourth-order valence-electron chi connectivity index (χ4n) is 3.33. The number of hydrogen-bond acceptors (Lipinski definition) is 5. The largest absolute Gasteiger partial charge is 0.378 e. The molecule has 1 fully saturated rings. The van der Waals surface area contributed by atoms with E-state index in [1.165, 1.54) is 0 Å². The maximum Gasteiger partial charge on any atom is 0.249 e. The van der Waals surface area contributed by atoms with E-state index in [0.717, 1.165) is 23.6 Å². The van der Waals surface area contributed by atoms with Gasteiger partial charge in [-0.1, -0.05) is 39.0 Å². The molecule has 0 bridgehead atoms. The summed E-state index contributed by atoms with van der Waals surface area (Å²) in [6.45, 7) is 8.70. The summed E-state index contributed by atoms with van der Waals surface area (Å²) >= 11 is 0. The van der Waals surface area contributed by atoms with Crippen LogP contribution in [0, 0.1) is 0 Å². The number of hydrogen-bond donors (Lipinski definition) is 1. The van der Waals surface area contributed by atoms with Crippen molar-refractivity contribution < 1.29 is 9.53 Å². The van der Waals surface area contributed by atoms with Crippen molar-refractivity contribution in [2.45, 2.75) is 58.2 Å². The third-order valence-corrected chi connectivity index (χ3v) is 4.65. The third kappa shape index (κ3) is 4.27. The Bertz CT molecular complexity index is 802. The van der Waals surface area contributed by atoms with Gasteiger partial charge in [-0.25, -0.2) is 9.97 Å². The zero-order chi connectivity index (χ0) is 19.6. The summed E-state index contributed by atoms with van der Waals surface area (Å²) < 4.78 is 5.24. The normalized spacial score (nSPS) is 20.2. The fraction of sp³-hybridized carbons (Fsp3) is 0.476. The summed E-state index contributed by atoms with van der Waals surface area (Å²) in [7, 11) is 1.64. The van der Waals surface area contributed by atoms with Crippen molar-refractivity contribution in [2.24, 2.45) is 0 Å². The van der Waals surface area contributed by atoms with Crippen molar-refractivity contribution in [2.75, 3.05) is 17.3 Å². The van der Waals surface area contributed by atoms with Crippen molar-refractivity contribution in [3.8, 4) is 0 Å². The van der Waals surface area contributed by atoms with Crippen LogP contribution in [0.5, 0.6) is 0 Å². The van der Waals surface area contributed by atoms with Crippen LogP contribution < -0.4 is 10.2 Å². The smallest absolute Gasteiger partial charge is 0.249 e. The van der Waals surface area contributed by atoms with Crippen molar-refractivity contribution in [1.82, 2.24) is 9.97 Å². The topological polar surface area (TPSA) is 67.3 Å². The summed E-state index contributed by atoms with van der Waals surface area (Å²) in [6.07, 6.45) is 0.724. The lowest BCUT2D eigenvalue weighted by Crippen LogP contribution is -2.35. The lowest BCUT2D eigenvalue weighted by Gasteiger charge is -2.22. The Balaban J connectivity index is 1.85. The van der Waals surface area contributed by atoms with Gasteiger partial charge in [0.1, 0.15) is 17.7 Å². The van der Waals surface area contributed by atoms with Crippen LogP contribution in [0.25, 0.3) is 0 Å². The zero-order valence-corrected chi connectivity index (χ0v) is 16.7. The van der Waals surface area contributed by atoms with Gasteiger partial charge in [0, 0.05) is 30.3 Å². The predicted octanol–water partition coefficient (Wildman–Crippen LogP) is 3.53. The van der Waals surface area contributed by atoms with Crippen LogP contribution in [-0.4, -0.2) is 35.1 Å². The molecule has 144 valence electrons. The molecule has 1 amide bonds. The number of ether oxygens (including phenoxy) is 1. The maximum atomic E-state index is 13.0. The molecule has 27 heavy (non-hydrogen) atoms. The Morgan fingerprint density at radius 1 is 1.22 bits per heavy atom. The average Bonchev–Trinajstić information content (AvgIpc) is 2.88. The summed E-state index contributed by atoms with van der Waals surface area (Å²) in [5.41, 5.74) is 1.54. The number of para-hydroxylation sites is 1. The summed E-state index contributed by atoms with van der Waals surface area (Å²) in [5.74, 6) is 1.47. The third-order valence-electron chi connectivity index (χ3n) is 4.65. The molecule has 3 rings (SSSR count). The average molecular weight is 368 g/mol. The molecule has 0 aliphatic carbocycles. The van der Waals surface area contributed by atoms with E-state index in [0.29, 0.717) is 12.4 Å². The van der Waals surface area contributed by atoms with Gasteiger partial charge in [0.15, 0.2) is 0 Å². The van der Waals surface area contributed by atoms with Crippen LogP contribution in [0.1, 0.15) is 45.6 Å². The standard InChI is InChI=1S/C21H28N4O2/c1-14-11-17(19(26)25(14)16-9-7-6-8-10-16)23-18-12-15(13-27-5)22-20(24-18)21(2,3)4/h6-10,12,14,17H,11,13H2,1-5H3,(H,22,23,24). The summed E-state index contributed by atoms with van der Waals surface area (Å²) in [5, 5.41) is 3.33. The molecule has 0 spiro atoms. The first-order valence-electron chi connectivity index (χ1n) is 9.31. The first-order valence-corrected chi connectivity index (χ1v) is 9.31. The maximum absolute atomic E-state index is 13.0. The number of anilines is 2. The van der Waals surface area contributed by atoms with Crippen molar-refractivity contribution in [3.63, 3.8) is 0 Å². The van der Waals surface area contributed by atoms with Gasteiger partial charge in [0.25, 0.3) is 0 Å². The number of nitrogens with zero attached hydrogens (tertiary/aromatic N) is 3. The van der Waals surface area contributed by atoms with E-state index in [-0.39, 0.29) is 23.4 Å². The van der Waals surface area contributed by atoms with Crippen LogP contribution >= 0.6 is 0 Å². The number of methoxy groups -OCH3 is 1. The van der Waals surface area contributed by atoms with Gasteiger partial charge in [0.05, 0.1) is 12.3 Å². The van der Waals surface area contributed by atoms with Gasteiger partial charge in [0.2, 0.25) is 5.91 Å². The second kappa shape index (κ2) is 7.64. The highest BCUT2D eigenvalue weighted by atomic mass is 16.5. The van der Waals surface area contributed by atoms with Crippen LogP contribution in [-0.2, 0) is 21.6 Å². The number of aromatic nitrogens is 2. The van der Waals surface area contributed by atoms with Crippen LogP contribution in [0.3, 0.4) is 0 Å². The molecule has 1 aromatic carbocycles. The zero-order valence-electron chi connectivity index (χ0n) is 16.7. The minimum Gasteiger partial charge on any atom is -0.378 e. The SMILES string of the molecule is COCc1cc(NC2CC(C)N(c3ccccc3)C2=O)nc(C(C)(C)C)n1. The van der Waals surface area contributed by atoms with Gasteiger partial charge in [-0.3, -0.25) is 4.79 Å². The minimum atomic E-state index is -0.307. The molecule has 2 atom stereocenters. The van der Waals surface area contributed by atoms with E-state index < -0.39 is 0 Å². The van der Waals surface area contributed by atoms with Crippen molar-refractivity contribution in [1.29, 1.82) is 0 Å². The Labute approximate surface area is 161 Å². The summed E-state index contributed by atoms with van der Waals surface area (Å²) in [6, 6.07) is 11.5. The molecule has 1 N–H and O–H groups in total. The van der Waals surface area contributed by atoms with Crippen LogP contribution in [0.4, 0.5) is 11.5 Å². The molecule has 0 saturated carbocycles. The molecule has 1 saturated heterocycles. The van der Waals surface area contributed by atoms with E-state index in [4.69, 9.17) is 4.74 Å². The molecular formula is C21H28N4O2. The molecule has 2 heterocycles. The van der Waals surface area contributed by atoms with Crippen LogP contribution in [0.15, 0.2) is 36.4 Å². The van der Waals surface area contributed by atoms with Gasteiger partial charge in [-0.2, -0.15) is 0 Å². The van der Waals surface area contributed by atoms with Gasteiger partial charge in [-0.15, -0.1) is 0 Å². The molecule has 1 aromatic heterocycles. The number of carbonyl (C=O) groups excluding carboxylic acids is 1. The molecule has 1 aliphatic heterocycles. The Morgan fingerprint density at radius 3 is 2.56 bits per heavy atom. The van der Waals surface area contributed by atoms with Crippen molar-refractivity contribution in [3.05, 3.63) is 47.9 Å². The second-order valence-electron chi connectivity index (χ2n) is 8.08. The van der Waals surface area contributed by atoms with Gasteiger partial charge in [-0.05, 0) is 25.5 Å². The number of nitrogens with one attached hydrogen (secondary N) is 1. The van der Waals surface area contributed by atoms with E-state index in [2.05, 4.69) is 43.0 Å². The molecule has 6 nitrogen and oxygen atoms in total. The number of carbonyl (C=O) groups is 1. The number of amides is 1. The number of benzene rings is 1. The first kappa shape index (κ1) is 19.3. The first-order chi connectivity index (χ1) is 12.8. The minimum absolute atomic E-state index is 0.0675. The van der Waals surface area contributed by atoms with Crippen molar-refractivity contribution >= 4 is 17.4 Å². The van der Waals surface area contributed by atoms with E-state index in [1.54, 1.807) is 7.11 Å². The fourth-order valence-corrected chi connectivity index (χ4v) is 3.33. The van der Waals surface area contributed by atoms with Gasteiger partial charge < -0.3 is 15.0 Å². The summed E-state index contributed by atoms with van der Waals surface area (Å²) in [4.78, 5) is 24.1. The second-order valence-corrected chi connectivity index (χ2v) is 8.08. The molecule has 0 radical (unpaired) electrons. The van der Waals surface area contributed by atoms with E-state index in [9.17, 15) is 4.79 Å². The molecule has 1 aliphatic rings. The monoisotopic (exact) mass is 368 g/mol. The molecule has 2 aromatic rings. The highest BCUT2D eigenvalue weighted by molar-refractivity contribution is 6.01.